The predicted molar refractivity (Wildman–Crippen MR) is 211 cm³/mol. The topological polar surface area (TPSA) is 77.8 Å². The minimum Gasteiger partial charge on any atom is -0.455 e. The summed E-state index contributed by atoms with van der Waals surface area (Å²) in [5, 5.41) is 4.35. The van der Waals surface area contributed by atoms with E-state index in [9.17, 15) is 0 Å². The Hall–Kier alpha value is -6.59. The number of hydrogen-bond acceptors (Lipinski definition) is 5. The number of nitrogens with two attached hydrogens (primary N) is 1. The largest absolute Gasteiger partial charge is 0.455 e. The summed E-state index contributed by atoms with van der Waals surface area (Å²) < 4.78 is 6.76. The van der Waals surface area contributed by atoms with Gasteiger partial charge in [0.2, 0.25) is 0 Å². The van der Waals surface area contributed by atoms with Gasteiger partial charge in [-0.2, -0.15) is 0 Å². The van der Waals surface area contributed by atoms with Crippen LogP contribution in [0.1, 0.15) is 22.3 Å². The highest BCUT2D eigenvalue weighted by Gasteiger charge is 2.19. The van der Waals surface area contributed by atoms with Gasteiger partial charge in [0.1, 0.15) is 11.2 Å². The molecule has 5 aromatic carbocycles. The van der Waals surface area contributed by atoms with Gasteiger partial charge in [0.05, 0.1) is 22.4 Å². The number of aryl methyl sites for hydroxylation is 3. The molecule has 0 unspecified atom stereocenters. The van der Waals surface area contributed by atoms with Crippen LogP contribution in [0.2, 0.25) is 0 Å². The van der Waals surface area contributed by atoms with E-state index < -0.39 is 0 Å². The van der Waals surface area contributed by atoms with Crippen LogP contribution in [0.5, 0.6) is 0 Å². The molecule has 0 aliphatic heterocycles. The van der Waals surface area contributed by atoms with E-state index in [2.05, 4.69) is 135 Å². The van der Waals surface area contributed by atoms with Crippen LogP contribution in [-0.2, 0) is 0 Å². The highest BCUT2D eigenvalue weighted by molar-refractivity contribution is 6.15. The summed E-state index contributed by atoms with van der Waals surface area (Å²) in [6.45, 7) is 6.37. The molecule has 0 fully saturated rings. The van der Waals surface area contributed by atoms with Gasteiger partial charge in [0, 0.05) is 50.6 Å². The maximum Gasteiger partial charge on any atom is 0.138 e. The van der Waals surface area contributed by atoms with E-state index in [4.69, 9.17) is 20.1 Å². The average molecular weight is 659 g/mol. The molecule has 9 aromatic rings. The minimum atomic E-state index is 0.841. The third kappa shape index (κ3) is 5.13. The van der Waals surface area contributed by atoms with Gasteiger partial charge in [-0.05, 0) is 108 Å². The smallest absolute Gasteiger partial charge is 0.138 e. The number of nitrogens with zero attached hydrogens (tertiary/aromatic N) is 3. The van der Waals surface area contributed by atoms with Crippen LogP contribution in [-0.4, -0.2) is 15.0 Å². The third-order valence-electron chi connectivity index (χ3n) is 10.0. The second-order valence-corrected chi connectivity index (χ2v) is 13.2. The van der Waals surface area contributed by atoms with Gasteiger partial charge >= 0.3 is 0 Å². The molecule has 0 bridgehead atoms. The standard InChI is InChI=1S/C46H34N4O/c1-27-11-16-38(31-8-5-4-6-9-31)42-39-18-17-37(29(3)46(39)51-45(27)42)35-24-40(33-14-12-30(19-20-47)28(2)22-33)50-41(25-35)36-23-34-15-13-32-10-7-21-48-43(32)44(34)49-26-36/h4-26H,47H2,1-3H3/b20-19-. The number of pyridine rings is 3. The first-order chi connectivity index (χ1) is 25.0. The molecule has 244 valence electrons. The molecule has 0 amide bonds. The van der Waals surface area contributed by atoms with Crippen LogP contribution in [0.15, 0.2) is 138 Å². The Morgan fingerprint density at radius 1 is 0.588 bits per heavy atom. The van der Waals surface area contributed by atoms with E-state index in [1.54, 1.807) is 6.20 Å². The molecule has 4 aromatic heterocycles. The van der Waals surface area contributed by atoms with Crippen molar-refractivity contribution in [3.05, 3.63) is 156 Å². The fourth-order valence-corrected chi connectivity index (χ4v) is 7.36. The second-order valence-electron chi connectivity index (χ2n) is 13.2. The summed E-state index contributed by atoms with van der Waals surface area (Å²) in [7, 11) is 0. The maximum absolute atomic E-state index is 6.76. The lowest BCUT2D eigenvalue weighted by atomic mass is 9.93. The lowest BCUT2D eigenvalue weighted by Crippen LogP contribution is -1.95. The molecule has 51 heavy (non-hydrogen) atoms. The van der Waals surface area contributed by atoms with Crippen molar-refractivity contribution in [3.8, 4) is 44.8 Å². The number of fused-ring (bicyclic) bond motifs is 6. The second kappa shape index (κ2) is 12.1. The molecule has 0 aliphatic carbocycles. The van der Waals surface area contributed by atoms with Crippen molar-refractivity contribution in [2.24, 2.45) is 5.73 Å². The molecular weight excluding hydrogens is 625 g/mol. The summed E-state index contributed by atoms with van der Waals surface area (Å²) in [4.78, 5) is 14.8. The van der Waals surface area contributed by atoms with Gasteiger partial charge < -0.3 is 10.2 Å². The fraction of sp³-hybridized carbons (Fsp3) is 0.0652. The summed E-state index contributed by atoms with van der Waals surface area (Å²) >= 11 is 0. The lowest BCUT2D eigenvalue weighted by Gasteiger charge is -2.13. The highest BCUT2D eigenvalue weighted by Crippen LogP contribution is 2.42. The van der Waals surface area contributed by atoms with Gasteiger partial charge in [-0.1, -0.05) is 78.9 Å². The Morgan fingerprint density at radius 3 is 2.20 bits per heavy atom. The first-order valence-electron chi connectivity index (χ1n) is 17.1. The van der Waals surface area contributed by atoms with Gasteiger partial charge in [0.15, 0.2) is 0 Å². The molecule has 2 N–H and O–H groups in total. The Labute approximate surface area is 295 Å². The molecule has 0 radical (unpaired) electrons. The fourth-order valence-electron chi connectivity index (χ4n) is 7.36. The first kappa shape index (κ1) is 30.5. The van der Waals surface area contributed by atoms with Crippen molar-refractivity contribution in [2.45, 2.75) is 20.8 Å². The van der Waals surface area contributed by atoms with Crippen LogP contribution in [0.4, 0.5) is 0 Å². The van der Waals surface area contributed by atoms with Crippen molar-refractivity contribution >= 4 is 49.8 Å². The Morgan fingerprint density at radius 2 is 1.37 bits per heavy atom. The summed E-state index contributed by atoms with van der Waals surface area (Å²) in [6, 6.07) is 40.4. The number of hydrogen-bond donors (Lipinski definition) is 1. The Bertz CT molecular complexity index is 2850. The van der Waals surface area contributed by atoms with E-state index in [0.29, 0.717) is 0 Å². The van der Waals surface area contributed by atoms with E-state index in [-0.39, 0.29) is 0 Å². The van der Waals surface area contributed by atoms with Crippen molar-refractivity contribution in [1.29, 1.82) is 0 Å². The van der Waals surface area contributed by atoms with Crippen molar-refractivity contribution in [2.75, 3.05) is 0 Å². The highest BCUT2D eigenvalue weighted by atomic mass is 16.3. The Balaban J connectivity index is 1.25. The van der Waals surface area contributed by atoms with Gasteiger partial charge in [-0.3, -0.25) is 9.97 Å². The number of aromatic nitrogens is 3. The summed E-state index contributed by atoms with van der Waals surface area (Å²) in [5.41, 5.74) is 21.9. The summed E-state index contributed by atoms with van der Waals surface area (Å²) in [5.74, 6) is 0. The first-order valence-corrected chi connectivity index (χ1v) is 17.1. The van der Waals surface area contributed by atoms with E-state index in [1.807, 2.05) is 24.5 Å². The van der Waals surface area contributed by atoms with Gasteiger partial charge in [-0.15, -0.1) is 0 Å². The Kier molecular flexibility index (Phi) is 7.21. The van der Waals surface area contributed by atoms with Gasteiger partial charge in [-0.25, -0.2) is 4.98 Å². The molecule has 0 saturated carbocycles. The zero-order chi connectivity index (χ0) is 34.6. The van der Waals surface area contributed by atoms with Gasteiger partial charge in [0.25, 0.3) is 0 Å². The predicted octanol–water partition coefficient (Wildman–Crippen LogP) is 11.6. The molecule has 0 saturated heterocycles. The van der Waals surface area contributed by atoms with E-state index in [0.717, 1.165) is 99.6 Å². The van der Waals surface area contributed by atoms with Crippen LogP contribution in [0, 0.1) is 20.8 Å². The minimum absolute atomic E-state index is 0.841. The number of furan rings is 1. The number of benzene rings is 5. The SMILES string of the molecule is Cc1cc(-c2cc(-c3ccc4c(oc5c(C)ccc(-c6ccccc6)c54)c3C)cc(-c3cnc4c(ccc5cccnc54)c3)n2)ccc1/C=C\N. The average Bonchev–Trinajstić information content (AvgIpc) is 3.57. The van der Waals surface area contributed by atoms with Crippen molar-refractivity contribution in [1.82, 2.24) is 15.0 Å². The van der Waals surface area contributed by atoms with E-state index in [1.165, 1.54) is 11.1 Å². The third-order valence-corrected chi connectivity index (χ3v) is 10.0. The quantitative estimate of drug-likeness (QED) is 0.186. The molecule has 4 heterocycles. The van der Waals surface area contributed by atoms with Crippen molar-refractivity contribution in [3.63, 3.8) is 0 Å². The normalized spacial score (nSPS) is 11.8. The van der Waals surface area contributed by atoms with Crippen LogP contribution in [0.25, 0.3) is 94.6 Å². The molecular formula is C46H34N4O. The lowest BCUT2D eigenvalue weighted by molar-refractivity contribution is 0.663. The number of rotatable bonds is 5. The zero-order valence-corrected chi connectivity index (χ0v) is 28.6. The van der Waals surface area contributed by atoms with E-state index >= 15 is 0 Å². The van der Waals surface area contributed by atoms with Crippen molar-refractivity contribution < 1.29 is 4.42 Å². The molecule has 5 heteroatoms. The molecule has 0 spiro atoms. The molecule has 9 rings (SSSR count). The van der Waals surface area contributed by atoms with Crippen LogP contribution >= 0.6 is 0 Å². The summed E-state index contributed by atoms with van der Waals surface area (Å²) in [6.07, 6.45) is 7.22. The van der Waals surface area contributed by atoms with Crippen LogP contribution in [0.3, 0.4) is 0 Å². The molecule has 0 aliphatic rings. The monoisotopic (exact) mass is 658 g/mol. The zero-order valence-electron chi connectivity index (χ0n) is 28.6. The molecule has 5 nitrogen and oxygen atoms in total. The molecule has 0 atom stereocenters. The maximum atomic E-state index is 6.76. The van der Waals surface area contributed by atoms with Crippen LogP contribution < -0.4 is 5.73 Å².